The highest BCUT2D eigenvalue weighted by atomic mass is 32.1. The molecule has 0 bridgehead atoms. The van der Waals surface area contributed by atoms with Crippen LogP contribution >= 0.6 is 11.3 Å². The van der Waals surface area contributed by atoms with Crippen LogP contribution in [0.15, 0.2) is 53.6 Å². The van der Waals surface area contributed by atoms with Gasteiger partial charge in [-0.2, -0.15) is 11.3 Å². The lowest BCUT2D eigenvalue weighted by atomic mass is 10.3. The van der Waals surface area contributed by atoms with Crippen LogP contribution in [0.4, 0.5) is 0 Å². The van der Waals surface area contributed by atoms with Crippen molar-refractivity contribution in [1.82, 2.24) is 19.9 Å². The van der Waals surface area contributed by atoms with Gasteiger partial charge >= 0.3 is 0 Å². The van der Waals surface area contributed by atoms with Gasteiger partial charge in [0.2, 0.25) is 0 Å². The number of hydrogen-bond acceptors (Lipinski definition) is 4. The van der Waals surface area contributed by atoms with Gasteiger partial charge in [-0.25, -0.2) is 4.98 Å². The zero-order valence-corrected chi connectivity index (χ0v) is 12.1. The van der Waals surface area contributed by atoms with Crippen molar-refractivity contribution in [3.63, 3.8) is 0 Å². The monoisotopic (exact) mass is 298 g/mol. The van der Waals surface area contributed by atoms with E-state index in [0.717, 1.165) is 11.5 Å². The third-order valence-electron chi connectivity index (χ3n) is 3.03. The molecule has 0 aromatic carbocycles. The standard InChI is InChI=1S/C15H14N4OS/c20-15(12-4-10-21-11-12)18-7-9-19-8-6-17-14(19)13-3-1-2-5-16-13/h1-6,8,10-11H,7,9H2,(H,18,20). The molecule has 0 atom stereocenters. The van der Waals surface area contributed by atoms with E-state index >= 15 is 0 Å². The molecule has 0 saturated heterocycles. The highest BCUT2D eigenvalue weighted by molar-refractivity contribution is 7.08. The Morgan fingerprint density at radius 2 is 2.19 bits per heavy atom. The summed E-state index contributed by atoms with van der Waals surface area (Å²) in [5.74, 6) is 0.760. The normalized spacial score (nSPS) is 10.5. The molecule has 3 rings (SSSR count). The summed E-state index contributed by atoms with van der Waals surface area (Å²) in [7, 11) is 0. The van der Waals surface area contributed by atoms with Gasteiger partial charge in [0.1, 0.15) is 5.69 Å². The van der Waals surface area contributed by atoms with Gasteiger partial charge in [0, 0.05) is 42.6 Å². The number of rotatable bonds is 5. The molecule has 3 heterocycles. The maximum absolute atomic E-state index is 11.8. The van der Waals surface area contributed by atoms with Crippen molar-refractivity contribution in [2.24, 2.45) is 0 Å². The predicted octanol–water partition coefficient (Wildman–Crippen LogP) is 2.44. The molecule has 1 amide bonds. The SMILES string of the molecule is O=C(NCCn1ccnc1-c1ccccn1)c1ccsc1. The largest absolute Gasteiger partial charge is 0.350 e. The van der Waals surface area contributed by atoms with E-state index in [1.165, 1.54) is 11.3 Å². The molecule has 0 saturated carbocycles. The van der Waals surface area contributed by atoms with Crippen LogP contribution in [0.2, 0.25) is 0 Å². The molecule has 0 radical (unpaired) electrons. The van der Waals surface area contributed by atoms with E-state index < -0.39 is 0 Å². The first kappa shape index (κ1) is 13.5. The topological polar surface area (TPSA) is 59.8 Å². The quantitative estimate of drug-likeness (QED) is 0.787. The van der Waals surface area contributed by atoms with Crippen LogP contribution in [-0.2, 0) is 6.54 Å². The summed E-state index contributed by atoms with van der Waals surface area (Å²) in [6.07, 6.45) is 5.37. The van der Waals surface area contributed by atoms with Gasteiger partial charge in [-0.15, -0.1) is 0 Å². The Hall–Kier alpha value is -2.47. The molecule has 0 fully saturated rings. The predicted molar refractivity (Wildman–Crippen MR) is 82.1 cm³/mol. The maximum Gasteiger partial charge on any atom is 0.252 e. The molecule has 1 N–H and O–H groups in total. The number of carbonyl (C=O) groups excluding carboxylic acids is 1. The first-order chi connectivity index (χ1) is 10.3. The molecule has 0 spiro atoms. The summed E-state index contributed by atoms with van der Waals surface area (Å²) in [6.45, 7) is 1.20. The summed E-state index contributed by atoms with van der Waals surface area (Å²) >= 11 is 1.51. The number of aromatic nitrogens is 3. The minimum Gasteiger partial charge on any atom is -0.350 e. The fourth-order valence-corrected chi connectivity index (χ4v) is 2.64. The van der Waals surface area contributed by atoms with Gasteiger partial charge in [0.15, 0.2) is 5.82 Å². The van der Waals surface area contributed by atoms with Crippen LogP contribution in [0.3, 0.4) is 0 Å². The Kier molecular flexibility index (Phi) is 4.07. The molecule has 0 unspecified atom stereocenters. The number of amides is 1. The molecule has 21 heavy (non-hydrogen) atoms. The van der Waals surface area contributed by atoms with Crippen LogP contribution in [0, 0.1) is 0 Å². The van der Waals surface area contributed by atoms with Gasteiger partial charge in [-0.1, -0.05) is 6.07 Å². The van der Waals surface area contributed by atoms with E-state index in [4.69, 9.17) is 0 Å². The smallest absolute Gasteiger partial charge is 0.252 e. The summed E-state index contributed by atoms with van der Waals surface area (Å²) in [4.78, 5) is 20.5. The van der Waals surface area contributed by atoms with Crippen molar-refractivity contribution < 1.29 is 4.79 Å². The average Bonchev–Trinajstić information content (AvgIpc) is 3.20. The summed E-state index contributed by atoms with van der Waals surface area (Å²) < 4.78 is 1.98. The molecule has 0 aliphatic carbocycles. The van der Waals surface area contributed by atoms with Gasteiger partial charge in [0.25, 0.3) is 5.91 Å². The second-order valence-corrected chi connectivity index (χ2v) is 5.21. The lowest BCUT2D eigenvalue weighted by molar-refractivity contribution is 0.0953. The summed E-state index contributed by atoms with van der Waals surface area (Å²) in [5, 5.41) is 6.63. The van der Waals surface area contributed by atoms with E-state index in [2.05, 4.69) is 15.3 Å². The van der Waals surface area contributed by atoms with Gasteiger partial charge in [0.05, 0.1) is 0 Å². The Morgan fingerprint density at radius 1 is 1.24 bits per heavy atom. The van der Waals surface area contributed by atoms with Crippen molar-refractivity contribution in [2.75, 3.05) is 6.54 Å². The first-order valence-electron chi connectivity index (χ1n) is 6.57. The van der Waals surface area contributed by atoms with E-state index in [-0.39, 0.29) is 5.91 Å². The summed E-state index contributed by atoms with van der Waals surface area (Å²) in [5.41, 5.74) is 1.53. The molecular formula is C15H14N4OS. The van der Waals surface area contributed by atoms with Crippen molar-refractivity contribution in [1.29, 1.82) is 0 Å². The zero-order chi connectivity index (χ0) is 14.5. The Bertz CT molecular complexity index is 706. The van der Waals surface area contributed by atoms with Crippen molar-refractivity contribution in [2.45, 2.75) is 6.54 Å². The maximum atomic E-state index is 11.8. The molecule has 106 valence electrons. The molecule has 0 aliphatic rings. The number of pyridine rings is 1. The summed E-state index contributed by atoms with van der Waals surface area (Å²) in [6, 6.07) is 7.54. The van der Waals surface area contributed by atoms with Crippen LogP contribution in [0.1, 0.15) is 10.4 Å². The van der Waals surface area contributed by atoms with E-state index in [9.17, 15) is 4.79 Å². The molecule has 5 nitrogen and oxygen atoms in total. The molecule has 3 aromatic rings. The number of nitrogens with zero attached hydrogens (tertiary/aromatic N) is 3. The van der Waals surface area contributed by atoms with Crippen molar-refractivity contribution in [3.05, 3.63) is 59.2 Å². The second kappa shape index (κ2) is 6.32. The minimum atomic E-state index is -0.0456. The lowest BCUT2D eigenvalue weighted by Gasteiger charge is -2.08. The third-order valence-corrected chi connectivity index (χ3v) is 3.71. The molecule has 0 aliphatic heterocycles. The average molecular weight is 298 g/mol. The fraction of sp³-hybridized carbons (Fsp3) is 0.133. The van der Waals surface area contributed by atoms with Gasteiger partial charge in [-0.05, 0) is 23.6 Å². The lowest BCUT2D eigenvalue weighted by Crippen LogP contribution is -2.26. The van der Waals surface area contributed by atoms with Gasteiger partial charge < -0.3 is 9.88 Å². The van der Waals surface area contributed by atoms with Crippen LogP contribution in [0.25, 0.3) is 11.5 Å². The number of imidazole rings is 1. The number of thiophene rings is 1. The van der Waals surface area contributed by atoms with Crippen LogP contribution in [-0.4, -0.2) is 27.0 Å². The minimum absolute atomic E-state index is 0.0456. The van der Waals surface area contributed by atoms with E-state index in [1.54, 1.807) is 12.4 Å². The number of nitrogens with one attached hydrogen (secondary N) is 1. The number of hydrogen-bond donors (Lipinski definition) is 1. The first-order valence-corrected chi connectivity index (χ1v) is 7.52. The molecule has 3 aromatic heterocycles. The Balaban J connectivity index is 1.62. The Morgan fingerprint density at radius 3 is 2.95 bits per heavy atom. The Labute approximate surface area is 126 Å². The van der Waals surface area contributed by atoms with Crippen LogP contribution < -0.4 is 5.32 Å². The second-order valence-electron chi connectivity index (χ2n) is 4.43. The van der Waals surface area contributed by atoms with Crippen molar-refractivity contribution in [3.8, 4) is 11.5 Å². The van der Waals surface area contributed by atoms with Crippen LogP contribution in [0.5, 0.6) is 0 Å². The van der Waals surface area contributed by atoms with Gasteiger partial charge in [-0.3, -0.25) is 9.78 Å². The highest BCUT2D eigenvalue weighted by Crippen LogP contribution is 2.13. The third kappa shape index (κ3) is 3.17. The molecular weight excluding hydrogens is 284 g/mol. The van der Waals surface area contributed by atoms with E-state index in [0.29, 0.717) is 18.7 Å². The highest BCUT2D eigenvalue weighted by Gasteiger charge is 2.08. The fourth-order valence-electron chi connectivity index (χ4n) is 2.00. The van der Waals surface area contributed by atoms with Crippen molar-refractivity contribution >= 4 is 17.2 Å². The zero-order valence-electron chi connectivity index (χ0n) is 11.3. The van der Waals surface area contributed by atoms with E-state index in [1.807, 2.05) is 45.8 Å². The number of carbonyl (C=O) groups is 1. The molecule has 6 heteroatoms.